The summed E-state index contributed by atoms with van der Waals surface area (Å²) in [6.07, 6.45) is 5.63. The molecule has 4 heteroatoms. The number of hydrogen-bond acceptors (Lipinski definition) is 3. The van der Waals surface area contributed by atoms with Gasteiger partial charge in [-0.2, -0.15) is 0 Å². The Morgan fingerprint density at radius 2 is 1.85 bits per heavy atom. The smallest absolute Gasteiger partial charge is 0.162 e. The Hall–Kier alpha value is -0.930. The molecule has 1 aromatic rings. The molecule has 0 radical (unpaired) electrons. The molecule has 1 heterocycles. The second-order valence-corrected chi connectivity index (χ2v) is 5.64. The number of unbranched alkanes of at least 4 members (excludes halogenated alkanes) is 3. The van der Waals surface area contributed by atoms with E-state index in [9.17, 15) is 5.11 Å². The summed E-state index contributed by atoms with van der Waals surface area (Å²) in [6.45, 7) is 3.46. The van der Waals surface area contributed by atoms with Crippen LogP contribution >= 0.6 is 11.6 Å². The minimum Gasteiger partial charge on any atom is -0.490 e. The van der Waals surface area contributed by atoms with Gasteiger partial charge in [0.1, 0.15) is 0 Å². The van der Waals surface area contributed by atoms with Gasteiger partial charge in [-0.15, -0.1) is 0 Å². The van der Waals surface area contributed by atoms with Crippen LogP contribution in [0.25, 0.3) is 0 Å². The van der Waals surface area contributed by atoms with Crippen LogP contribution in [-0.2, 0) is 0 Å². The molecule has 112 valence electrons. The fourth-order valence-corrected chi connectivity index (χ4v) is 2.65. The van der Waals surface area contributed by atoms with Crippen molar-refractivity contribution in [2.45, 2.75) is 51.6 Å². The van der Waals surface area contributed by atoms with E-state index in [1.165, 1.54) is 12.8 Å². The lowest BCUT2D eigenvalue weighted by molar-refractivity contribution is 0.163. The summed E-state index contributed by atoms with van der Waals surface area (Å²) in [5.74, 6) is 1.36. The maximum absolute atomic E-state index is 10.3. The van der Waals surface area contributed by atoms with Gasteiger partial charge in [0.25, 0.3) is 0 Å². The monoisotopic (exact) mass is 298 g/mol. The highest BCUT2D eigenvalue weighted by atomic mass is 35.5. The fraction of sp³-hybridized carbons (Fsp3) is 0.625. The SMILES string of the molecule is CCCCCCC(O)c1cc2c(cc1Cl)OCCCO2. The third kappa shape index (κ3) is 4.03. The lowest BCUT2D eigenvalue weighted by Crippen LogP contribution is -2.01. The van der Waals surface area contributed by atoms with Crippen molar-refractivity contribution in [2.75, 3.05) is 13.2 Å². The van der Waals surface area contributed by atoms with Crippen molar-refractivity contribution in [1.82, 2.24) is 0 Å². The third-order valence-corrected chi connectivity index (χ3v) is 3.88. The van der Waals surface area contributed by atoms with Crippen LogP contribution in [0.2, 0.25) is 5.02 Å². The topological polar surface area (TPSA) is 38.7 Å². The van der Waals surface area contributed by atoms with Crippen LogP contribution in [0.15, 0.2) is 12.1 Å². The largest absolute Gasteiger partial charge is 0.490 e. The highest BCUT2D eigenvalue weighted by Crippen LogP contribution is 2.38. The number of aliphatic hydroxyl groups excluding tert-OH is 1. The van der Waals surface area contributed by atoms with Crippen molar-refractivity contribution >= 4 is 11.6 Å². The first-order valence-corrected chi connectivity index (χ1v) is 7.87. The summed E-state index contributed by atoms with van der Waals surface area (Å²) >= 11 is 6.25. The van der Waals surface area contributed by atoms with Gasteiger partial charge in [-0.1, -0.05) is 44.2 Å². The van der Waals surface area contributed by atoms with Gasteiger partial charge in [0.2, 0.25) is 0 Å². The minimum atomic E-state index is -0.531. The third-order valence-electron chi connectivity index (χ3n) is 3.56. The first-order chi connectivity index (χ1) is 9.72. The van der Waals surface area contributed by atoms with Crippen molar-refractivity contribution in [3.8, 4) is 11.5 Å². The molecule has 3 nitrogen and oxygen atoms in total. The summed E-state index contributed by atoms with van der Waals surface area (Å²) in [5.41, 5.74) is 0.743. The summed E-state index contributed by atoms with van der Waals surface area (Å²) in [4.78, 5) is 0. The molecule has 1 aromatic carbocycles. The molecule has 0 bridgehead atoms. The van der Waals surface area contributed by atoms with Crippen molar-refractivity contribution in [3.63, 3.8) is 0 Å². The zero-order chi connectivity index (χ0) is 14.4. The molecule has 1 unspecified atom stereocenters. The molecule has 0 fully saturated rings. The van der Waals surface area contributed by atoms with Gasteiger partial charge >= 0.3 is 0 Å². The van der Waals surface area contributed by atoms with Gasteiger partial charge in [0.05, 0.1) is 24.3 Å². The molecule has 0 aliphatic carbocycles. The Balaban J connectivity index is 2.05. The number of benzene rings is 1. The maximum Gasteiger partial charge on any atom is 0.162 e. The molecule has 1 atom stereocenters. The van der Waals surface area contributed by atoms with Gasteiger partial charge in [0.15, 0.2) is 11.5 Å². The standard InChI is InChI=1S/C16H23ClO3/c1-2-3-4-5-7-14(18)12-10-15-16(11-13(12)17)20-9-6-8-19-15/h10-11,14,18H,2-9H2,1H3. The molecule has 0 saturated heterocycles. The highest BCUT2D eigenvalue weighted by Gasteiger charge is 2.18. The van der Waals surface area contributed by atoms with Crippen LogP contribution < -0.4 is 9.47 Å². The molecule has 0 amide bonds. The van der Waals surface area contributed by atoms with E-state index in [0.717, 1.165) is 31.2 Å². The van der Waals surface area contributed by atoms with Crippen molar-refractivity contribution < 1.29 is 14.6 Å². The molecular formula is C16H23ClO3. The number of hydrogen-bond donors (Lipinski definition) is 1. The summed E-state index contributed by atoms with van der Waals surface area (Å²) < 4.78 is 11.2. The Morgan fingerprint density at radius 3 is 2.55 bits per heavy atom. The Morgan fingerprint density at radius 1 is 1.15 bits per heavy atom. The predicted molar refractivity (Wildman–Crippen MR) is 80.8 cm³/mol. The molecule has 20 heavy (non-hydrogen) atoms. The zero-order valence-corrected chi connectivity index (χ0v) is 12.8. The first-order valence-electron chi connectivity index (χ1n) is 7.49. The average Bonchev–Trinajstić information content (AvgIpc) is 2.67. The normalized spacial score (nSPS) is 15.8. The number of fused-ring (bicyclic) bond motifs is 1. The van der Waals surface area contributed by atoms with E-state index in [1.807, 2.05) is 6.07 Å². The lowest BCUT2D eigenvalue weighted by Gasteiger charge is -2.16. The van der Waals surface area contributed by atoms with Gasteiger partial charge in [0, 0.05) is 18.1 Å². The average molecular weight is 299 g/mol. The van der Waals surface area contributed by atoms with Crippen LogP contribution in [0.4, 0.5) is 0 Å². The van der Waals surface area contributed by atoms with Crippen LogP contribution in [0.5, 0.6) is 11.5 Å². The minimum absolute atomic E-state index is 0.531. The van der Waals surface area contributed by atoms with E-state index in [4.69, 9.17) is 21.1 Å². The molecule has 2 rings (SSSR count). The number of aliphatic hydroxyl groups is 1. The van der Waals surface area contributed by atoms with Gasteiger partial charge in [-0.05, 0) is 12.5 Å². The van der Waals surface area contributed by atoms with Gasteiger partial charge in [-0.3, -0.25) is 0 Å². The van der Waals surface area contributed by atoms with Crippen LogP contribution in [0.1, 0.15) is 57.1 Å². The van der Waals surface area contributed by atoms with Gasteiger partial charge < -0.3 is 14.6 Å². The molecule has 0 aromatic heterocycles. The highest BCUT2D eigenvalue weighted by molar-refractivity contribution is 6.31. The second kappa shape index (κ2) is 7.75. The van der Waals surface area contributed by atoms with E-state index >= 15 is 0 Å². The van der Waals surface area contributed by atoms with Crippen molar-refractivity contribution in [3.05, 3.63) is 22.7 Å². The summed E-state index contributed by atoms with van der Waals surface area (Å²) in [6, 6.07) is 3.58. The molecule has 1 aliphatic rings. The van der Waals surface area contributed by atoms with E-state index in [1.54, 1.807) is 6.07 Å². The van der Waals surface area contributed by atoms with E-state index in [0.29, 0.717) is 29.7 Å². The van der Waals surface area contributed by atoms with Crippen LogP contribution in [-0.4, -0.2) is 18.3 Å². The lowest BCUT2D eigenvalue weighted by atomic mass is 10.0. The number of halogens is 1. The molecule has 1 aliphatic heterocycles. The zero-order valence-electron chi connectivity index (χ0n) is 12.0. The Kier molecular flexibility index (Phi) is 5.99. The van der Waals surface area contributed by atoms with E-state index < -0.39 is 6.10 Å². The number of ether oxygens (including phenoxy) is 2. The van der Waals surface area contributed by atoms with E-state index in [2.05, 4.69) is 6.92 Å². The van der Waals surface area contributed by atoms with Crippen molar-refractivity contribution in [2.24, 2.45) is 0 Å². The summed E-state index contributed by atoms with van der Waals surface area (Å²) in [5, 5.41) is 10.8. The maximum atomic E-state index is 10.3. The number of rotatable bonds is 6. The first kappa shape index (κ1) is 15.5. The second-order valence-electron chi connectivity index (χ2n) is 5.24. The predicted octanol–water partition coefficient (Wildman–Crippen LogP) is 4.51. The van der Waals surface area contributed by atoms with E-state index in [-0.39, 0.29) is 0 Å². The Bertz CT molecular complexity index is 434. The van der Waals surface area contributed by atoms with Crippen LogP contribution in [0.3, 0.4) is 0 Å². The summed E-state index contributed by atoms with van der Waals surface area (Å²) in [7, 11) is 0. The molecule has 0 saturated carbocycles. The Labute approximate surface area is 125 Å². The van der Waals surface area contributed by atoms with Gasteiger partial charge in [-0.25, -0.2) is 0 Å². The van der Waals surface area contributed by atoms with Crippen LogP contribution in [0, 0.1) is 0 Å². The molecule has 0 spiro atoms. The van der Waals surface area contributed by atoms with Crippen molar-refractivity contribution in [1.29, 1.82) is 0 Å². The quantitative estimate of drug-likeness (QED) is 0.786. The fourth-order valence-electron chi connectivity index (χ4n) is 2.37. The molecule has 1 N–H and O–H groups in total. The molecular weight excluding hydrogens is 276 g/mol.